The fourth-order valence-corrected chi connectivity index (χ4v) is 3.34. The zero-order chi connectivity index (χ0) is 15.0. The number of ether oxygens (including phenoxy) is 1. The number of hydrogen-bond acceptors (Lipinski definition) is 3. The molecule has 0 aliphatic carbocycles. The van der Waals surface area contributed by atoms with Crippen LogP contribution in [0.25, 0.3) is 0 Å². The Bertz CT molecular complexity index is 547. The Kier molecular flexibility index (Phi) is 3.66. The molecule has 2 aliphatic rings. The quantitative estimate of drug-likeness (QED) is 0.662. The largest absolute Gasteiger partial charge is 0.488 e. The summed E-state index contributed by atoms with van der Waals surface area (Å²) in [6, 6.07) is 6.44. The molecule has 4 nitrogen and oxygen atoms in total. The number of fused-ring (bicyclic) bond motifs is 1. The molecule has 1 atom stereocenters. The second kappa shape index (κ2) is 5.34. The molecule has 1 aromatic carbocycles. The van der Waals surface area contributed by atoms with E-state index in [2.05, 4.69) is 36.9 Å². The predicted octanol–water partition coefficient (Wildman–Crippen LogP) is 2.34. The second-order valence-corrected chi connectivity index (χ2v) is 6.83. The number of aryl methyl sites for hydroxylation is 1. The van der Waals surface area contributed by atoms with E-state index >= 15 is 0 Å². The summed E-state index contributed by atoms with van der Waals surface area (Å²) < 4.78 is 6.06. The molecule has 1 fully saturated rings. The SMILES string of the molecule is Cc1ccc2c(c1)CC(CN1CCC(C)(C(=N)N)CC1)O2. The van der Waals surface area contributed by atoms with E-state index in [1.807, 2.05) is 0 Å². The van der Waals surface area contributed by atoms with Crippen molar-refractivity contribution >= 4 is 5.84 Å². The number of benzene rings is 1. The van der Waals surface area contributed by atoms with Gasteiger partial charge >= 0.3 is 0 Å². The molecule has 3 N–H and O–H groups in total. The van der Waals surface area contributed by atoms with Crippen molar-refractivity contribution in [2.75, 3.05) is 19.6 Å². The monoisotopic (exact) mass is 287 g/mol. The van der Waals surface area contributed by atoms with Gasteiger partial charge < -0.3 is 10.5 Å². The van der Waals surface area contributed by atoms with Gasteiger partial charge in [0, 0.05) is 18.4 Å². The Morgan fingerprint density at radius 2 is 2.14 bits per heavy atom. The van der Waals surface area contributed by atoms with Gasteiger partial charge in [-0.2, -0.15) is 0 Å². The molecule has 2 aliphatic heterocycles. The molecule has 0 amide bonds. The van der Waals surface area contributed by atoms with Gasteiger partial charge in [-0.15, -0.1) is 0 Å². The molecule has 114 valence electrons. The summed E-state index contributed by atoms with van der Waals surface area (Å²) in [5.41, 5.74) is 8.26. The van der Waals surface area contributed by atoms with Crippen LogP contribution in [0.1, 0.15) is 30.9 Å². The standard InChI is InChI=1S/C17H25N3O/c1-12-3-4-15-13(9-12)10-14(21-15)11-20-7-5-17(2,6-8-20)16(18)19/h3-4,9,14H,5-8,10-11H2,1-2H3,(H3,18,19). The van der Waals surface area contributed by atoms with Gasteiger partial charge in [-0.3, -0.25) is 10.3 Å². The summed E-state index contributed by atoms with van der Waals surface area (Å²) in [7, 11) is 0. The summed E-state index contributed by atoms with van der Waals surface area (Å²) in [4.78, 5) is 2.45. The van der Waals surface area contributed by atoms with Crippen LogP contribution in [0.15, 0.2) is 18.2 Å². The number of likely N-dealkylation sites (tertiary alicyclic amines) is 1. The van der Waals surface area contributed by atoms with Crippen molar-refractivity contribution in [1.82, 2.24) is 4.90 Å². The van der Waals surface area contributed by atoms with Crippen LogP contribution in [0.5, 0.6) is 5.75 Å². The average Bonchev–Trinajstić information content (AvgIpc) is 2.82. The predicted molar refractivity (Wildman–Crippen MR) is 85.0 cm³/mol. The van der Waals surface area contributed by atoms with Crippen molar-refractivity contribution in [3.05, 3.63) is 29.3 Å². The smallest absolute Gasteiger partial charge is 0.123 e. The molecule has 1 saturated heterocycles. The lowest BCUT2D eigenvalue weighted by Crippen LogP contribution is -2.47. The van der Waals surface area contributed by atoms with E-state index in [4.69, 9.17) is 15.9 Å². The molecule has 0 radical (unpaired) electrons. The van der Waals surface area contributed by atoms with Crippen molar-refractivity contribution < 1.29 is 4.74 Å². The Hall–Kier alpha value is -1.55. The Morgan fingerprint density at radius 1 is 1.43 bits per heavy atom. The lowest BCUT2D eigenvalue weighted by atomic mass is 9.79. The van der Waals surface area contributed by atoms with E-state index in [1.165, 1.54) is 11.1 Å². The fourth-order valence-electron chi connectivity index (χ4n) is 3.34. The highest BCUT2D eigenvalue weighted by atomic mass is 16.5. The molecular weight excluding hydrogens is 262 g/mol. The number of amidine groups is 1. The normalized spacial score (nSPS) is 24.4. The van der Waals surface area contributed by atoms with Gasteiger partial charge in [0.2, 0.25) is 0 Å². The lowest BCUT2D eigenvalue weighted by molar-refractivity contribution is 0.106. The maximum atomic E-state index is 7.72. The molecule has 4 heteroatoms. The van der Waals surface area contributed by atoms with Gasteiger partial charge in [0.25, 0.3) is 0 Å². The third kappa shape index (κ3) is 2.91. The van der Waals surface area contributed by atoms with Crippen molar-refractivity contribution in [3.63, 3.8) is 0 Å². The minimum atomic E-state index is -0.104. The summed E-state index contributed by atoms with van der Waals surface area (Å²) in [5.74, 6) is 1.39. The first kappa shape index (κ1) is 14.4. The Morgan fingerprint density at radius 3 is 2.81 bits per heavy atom. The lowest BCUT2D eigenvalue weighted by Gasteiger charge is -2.39. The first-order valence-electron chi connectivity index (χ1n) is 7.79. The van der Waals surface area contributed by atoms with Gasteiger partial charge in [-0.1, -0.05) is 24.6 Å². The minimum absolute atomic E-state index is 0.104. The first-order chi connectivity index (χ1) is 9.96. The Labute approximate surface area is 126 Å². The van der Waals surface area contributed by atoms with Crippen LogP contribution in [-0.2, 0) is 6.42 Å². The maximum absolute atomic E-state index is 7.72. The summed E-state index contributed by atoms with van der Waals surface area (Å²) >= 11 is 0. The van der Waals surface area contributed by atoms with Crippen LogP contribution in [0.4, 0.5) is 0 Å². The van der Waals surface area contributed by atoms with Gasteiger partial charge in [-0.25, -0.2) is 0 Å². The molecule has 0 aromatic heterocycles. The van der Waals surface area contributed by atoms with Gasteiger partial charge in [0.1, 0.15) is 11.9 Å². The van der Waals surface area contributed by atoms with Crippen molar-refractivity contribution in [2.24, 2.45) is 11.1 Å². The minimum Gasteiger partial charge on any atom is -0.488 e. The molecule has 21 heavy (non-hydrogen) atoms. The summed E-state index contributed by atoms with van der Waals surface area (Å²) in [6.45, 7) is 7.22. The highest BCUT2D eigenvalue weighted by Gasteiger charge is 2.34. The molecule has 1 aromatic rings. The number of hydrogen-bond donors (Lipinski definition) is 2. The molecule has 3 rings (SSSR count). The number of rotatable bonds is 3. The zero-order valence-electron chi connectivity index (χ0n) is 13.0. The Balaban J connectivity index is 1.55. The molecular formula is C17H25N3O. The van der Waals surface area contributed by atoms with E-state index < -0.39 is 0 Å². The van der Waals surface area contributed by atoms with Crippen molar-refractivity contribution in [3.8, 4) is 5.75 Å². The third-order valence-corrected chi connectivity index (χ3v) is 5.03. The highest BCUT2D eigenvalue weighted by molar-refractivity contribution is 5.83. The van der Waals surface area contributed by atoms with E-state index in [0.717, 1.165) is 44.6 Å². The fraction of sp³-hybridized carbons (Fsp3) is 0.588. The van der Waals surface area contributed by atoms with E-state index in [9.17, 15) is 0 Å². The van der Waals surface area contributed by atoms with Gasteiger partial charge in [0.15, 0.2) is 0 Å². The van der Waals surface area contributed by atoms with Crippen molar-refractivity contribution in [1.29, 1.82) is 5.41 Å². The van der Waals surface area contributed by atoms with E-state index in [1.54, 1.807) is 0 Å². The van der Waals surface area contributed by atoms with Crippen LogP contribution >= 0.6 is 0 Å². The van der Waals surface area contributed by atoms with Crippen LogP contribution < -0.4 is 10.5 Å². The highest BCUT2D eigenvalue weighted by Crippen LogP contribution is 2.33. The summed E-state index contributed by atoms with van der Waals surface area (Å²) in [6.07, 6.45) is 3.23. The van der Waals surface area contributed by atoms with Gasteiger partial charge in [0.05, 0.1) is 5.84 Å². The van der Waals surface area contributed by atoms with Crippen LogP contribution in [-0.4, -0.2) is 36.5 Å². The number of nitrogens with zero attached hydrogens (tertiary/aromatic N) is 1. The molecule has 1 unspecified atom stereocenters. The second-order valence-electron chi connectivity index (χ2n) is 6.83. The van der Waals surface area contributed by atoms with Crippen LogP contribution in [0.2, 0.25) is 0 Å². The number of piperidine rings is 1. The zero-order valence-corrected chi connectivity index (χ0v) is 13.0. The van der Waals surface area contributed by atoms with Crippen LogP contribution in [0.3, 0.4) is 0 Å². The summed E-state index contributed by atoms with van der Waals surface area (Å²) in [5, 5.41) is 7.72. The van der Waals surface area contributed by atoms with Crippen molar-refractivity contribution in [2.45, 2.75) is 39.2 Å². The molecule has 2 heterocycles. The first-order valence-corrected chi connectivity index (χ1v) is 7.79. The molecule has 0 bridgehead atoms. The van der Waals surface area contributed by atoms with Crippen LogP contribution in [0, 0.1) is 17.7 Å². The van der Waals surface area contributed by atoms with Gasteiger partial charge in [-0.05, 0) is 44.5 Å². The third-order valence-electron chi connectivity index (χ3n) is 5.03. The number of nitrogens with two attached hydrogens (primary N) is 1. The average molecular weight is 287 g/mol. The molecule has 0 saturated carbocycles. The number of nitrogens with one attached hydrogen (secondary N) is 1. The topological polar surface area (TPSA) is 62.3 Å². The maximum Gasteiger partial charge on any atom is 0.123 e. The van der Waals surface area contributed by atoms with E-state index in [-0.39, 0.29) is 11.5 Å². The van der Waals surface area contributed by atoms with E-state index in [0.29, 0.717) is 5.84 Å². The molecule has 0 spiro atoms.